The van der Waals surface area contributed by atoms with E-state index in [9.17, 15) is 29.7 Å². The SMILES string of the molecule is CC=C(C)C(=O)OC1C(C)C2(O)C(C=C(CO)CC3(O)C(=O)C(C)=CC32)C2C(C)(C)C12OC(=O)CC. The molecule has 4 aliphatic carbocycles. The van der Waals surface area contributed by atoms with Crippen molar-refractivity contribution in [2.45, 2.75) is 84.2 Å². The molecule has 3 N–H and O–H groups in total. The highest BCUT2D eigenvalue weighted by Gasteiger charge is 2.87. The van der Waals surface area contributed by atoms with Crippen LogP contribution in [0.3, 0.4) is 0 Å². The highest BCUT2D eigenvalue weighted by molar-refractivity contribution is 6.04. The summed E-state index contributed by atoms with van der Waals surface area (Å²) in [6.07, 6.45) is 3.94. The maximum absolute atomic E-state index is 13.2. The van der Waals surface area contributed by atoms with E-state index in [0.29, 0.717) is 16.7 Å². The summed E-state index contributed by atoms with van der Waals surface area (Å²) in [7, 11) is 0. The Morgan fingerprint density at radius 1 is 1.22 bits per heavy atom. The molecule has 0 saturated heterocycles. The largest absolute Gasteiger partial charge is 0.454 e. The van der Waals surface area contributed by atoms with Crippen LogP contribution in [0.25, 0.3) is 0 Å². The van der Waals surface area contributed by atoms with Gasteiger partial charge in [-0.1, -0.05) is 45.9 Å². The fourth-order valence-electron chi connectivity index (χ4n) is 7.41. The van der Waals surface area contributed by atoms with Gasteiger partial charge in [0.2, 0.25) is 0 Å². The number of aliphatic hydroxyl groups is 3. The second-order valence-corrected chi connectivity index (χ2v) is 11.6. The van der Waals surface area contributed by atoms with Crippen molar-refractivity contribution in [3.8, 4) is 0 Å². The third-order valence-electron chi connectivity index (χ3n) is 9.52. The Bertz CT molecular complexity index is 1100. The van der Waals surface area contributed by atoms with Crippen LogP contribution < -0.4 is 0 Å². The molecule has 0 aromatic carbocycles. The smallest absolute Gasteiger partial charge is 0.333 e. The van der Waals surface area contributed by atoms with E-state index in [-0.39, 0.29) is 12.8 Å². The molecule has 2 fully saturated rings. The molecule has 0 radical (unpaired) electrons. The maximum Gasteiger partial charge on any atom is 0.333 e. The summed E-state index contributed by atoms with van der Waals surface area (Å²) in [5, 5.41) is 34.4. The topological polar surface area (TPSA) is 130 Å². The van der Waals surface area contributed by atoms with Crippen LogP contribution in [0.1, 0.15) is 61.3 Å². The van der Waals surface area contributed by atoms with Gasteiger partial charge >= 0.3 is 11.9 Å². The van der Waals surface area contributed by atoms with Crippen LogP contribution in [0.2, 0.25) is 0 Å². The molecule has 4 rings (SSSR count). The lowest BCUT2D eigenvalue weighted by atomic mass is 9.59. The van der Waals surface area contributed by atoms with Crippen molar-refractivity contribution in [2.75, 3.05) is 6.61 Å². The first-order chi connectivity index (χ1) is 16.7. The molecule has 8 nitrogen and oxygen atoms in total. The number of carbonyl (C=O) groups excluding carboxylic acids is 3. The van der Waals surface area contributed by atoms with Crippen LogP contribution >= 0.6 is 0 Å². The molecule has 198 valence electrons. The van der Waals surface area contributed by atoms with Gasteiger partial charge in [-0.2, -0.15) is 0 Å². The molecule has 2 saturated carbocycles. The molecule has 0 aliphatic heterocycles. The minimum absolute atomic E-state index is 0.122. The van der Waals surface area contributed by atoms with Gasteiger partial charge < -0.3 is 24.8 Å². The number of hydrogen-bond acceptors (Lipinski definition) is 8. The molecular weight excluding hydrogens is 464 g/mol. The van der Waals surface area contributed by atoms with Gasteiger partial charge in [0.05, 0.1) is 12.2 Å². The van der Waals surface area contributed by atoms with Crippen LogP contribution in [0.5, 0.6) is 0 Å². The highest BCUT2D eigenvalue weighted by Crippen LogP contribution is 2.77. The zero-order chi connectivity index (χ0) is 27.0. The van der Waals surface area contributed by atoms with Crippen molar-refractivity contribution in [1.82, 2.24) is 0 Å². The molecule has 0 heterocycles. The average Bonchev–Trinajstić information content (AvgIpc) is 3.26. The zero-order valence-electron chi connectivity index (χ0n) is 22.1. The number of rotatable bonds is 5. The standard InChI is InChI=1S/C28H38O8/c1-8-14(3)24(32)35-23-16(5)27(34)18(21-25(6,7)28(21,23)36-20(30)9-2)11-17(13-29)12-26(33)19(27)10-15(4)22(26)31/h8,10-11,16,18-19,21,23,29,33-34H,9,12-13H2,1-7H3. The lowest BCUT2D eigenvalue weighted by Crippen LogP contribution is -2.66. The van der Waals surface area contributed by atoms with E-state index < -0.39 is 76.3 Å². The lowest BCUT2D eigenvalue weighted by Gasteiger charge is -2.53. The van der Waals surface area contributed by atoms with Crippen molar-refractivity contribution in [3.63, 3.8) is 0 Å². The summed E-state index contributed by atoms with van der Waals surface area (Å²) in [5.41, 5.74) is -4.46. The molecule has 36 heavy (non-hydrogen) atoms. The van der Waals surface area contributed by atoms with Gasteiger partial charge in [0, 0.05) is 47.5 Å². The first kappa shape index (κ1) is 26.8. The van der Waals surface area contributed by atoms with E-state index in [1.165, 1.54) is 0 Å². The Hall–Kier alpha value is -2.29. The Morgan fingerprint density at radius 3 is 2.42 bits per heavy atom. The molecule has 8 heteroatoms. The van der Waals surface area contributed by atoms with Gasteiger partial charge in [0.1, 0.15) is 11.7 Å². The van der Waals surface area contributed by atoms with Crippen molar-refractivity contribution >= 4 is 17.7 Å². The monoisotopic (exact) mass is 502 g/mol. The predicted octanol–water partition coefficient (Wildman–Crippen LogP) is 2.41. The number of allylic oxidation sites excluding steroid dienone is 1. The fourth-order valence-corrected chi connectivity index (χ4v) is 7.41. The van der Waals surface area contributed by atoms with Crippen molar-refractivity contribution in [1.29, 1.82) is 0 Å². The minimum Gasteiger partial charge on any atom is -0.454 e. The Morgan fingerprint density at radius 2 is 1.86 bits per heavy atom. The fraction of sp³-hybridized carbons (Fsp3) is 0.679. The van der Waals surface area contributed by atoms with Crippen LogP contribution in [-0.4, -0.2) is 62.6 Å². The zero-order valence-corrected chi connectivity index (χ0v) is 22.1. The molecular formula is C28H38O8. The van der Waals surface area contributed by atoms with E-state index in [2.05, 4.69) is 0 Å². The quantitative estimate of drug-likeness (QED) is 0.297. The summed E-state index contributed by atoms with van der Waals surface area (Å²) in [4.78, 5) is 38.9. The first-order valence-corrected chi connectivity index (χ1v) is 12.7. The van der Waals surface area contributed by atoms with Crippen LogP contribution in [-0.2, 0) is 23.9 Å². The number of carbonyl (C=O) groups is 3. The summed E-state index contributed by atoms with van der Waals surface area (Å²) in [5.74, 6) is -4.53. The average molecular weight is 503 g/mol. The Balaban J connectivity index is 1.96. The number of aliphatic hydroxyl groups excluding tert-OH is 1. The minimum atomic E-state index is -1.94. The molecule has 0 aromatic rings. The summed E-state index contributed by atoms with van der Waals surface area (Å²) in [6, 6.07) is 0. The van der Waals surface area contributed by atoms with Gasteiger partial charge in [-0.05, 0) is 31.9 Å². The third kappa shape index (κ3) is 3.20. The van der Waals surface area contributed by atoms with Gasteiger partial charge in [-0.15, -0.1) is 0 Å². The second kappa shape index (κ2) is 8.36. The number of esters is 2. The van der Waals surface area contributed by atoms with Crippen LogP contribution in [0.15, 0.2) is 34.9 Å². The Kier molecular flexibility index (Phi) is 6.22. The second-order valence-electron chi connectivity index (χ2n) is 11.6. The third-order valence-corrected chi connectivity index (χ3v) is 9.52. The molecule has 0 spiro atoms. The molecule has 8 unspecified atom stereocenters. The highest BCUT2D eigenvalue weighted by atomic mass is 16.6. The van der Waals surface area contributed by atoms with E-state index >= 15 is 0 Å². The van der Waals surface area contributed by atoms with Gasteiger partial charge in [-0.3, -0.25) is 9.59 Å². The number of ketones is 1. The normalized spacial score (nSPS) is 42.8. The summed E-state index contributed by atoms with van der Waals surface area (Å²) in [6.45, 7) is 11.8. The van der Waals surface area contributed by atoms with Gasteiger partial charge in [0.15, 0.2) is 11.4 Å². The van der Waals surface area contributed by atoms with E-state index in [4.69, 9.17) is 9.47 Å². The number of ether oxygens (including phenoxy) is 2. The predicted molar refractivity (Wildman–Crippen MR) is 130 cm³/mol. The molecule has 0 aromatic heterocycles. The number of Topliss-reactive ketones (excluding diaryl/α,β-unsaturated/α-hetero) is 1. The van der Waals surface area contributed by atoms with Gasteiger partial charge in [-0.25, -0.2) is 4.79 Å². The van der Waals surface area contributed by atoms with Crippen molar-refractivity contribution in [2.24, 2.45) is 29.1 Å². The van der Waals surface area contributed by atoms with Crippen molar-refractivity contribution < 1.29 is 39.2 Å². The maximum atomic E-state index is 13.2. The van der Waals surface area contributed by atoms with Crippen LogP contribution in [0, 0.1) is 29.1 Å². The Labute approximate surface area is 212 Å². The van der Waals surface area contributed by atoms with Gasteiger partial charge in [0.25, 0.3) is 0 Å². The molecule has 8 atom stereocenters. The summed E-state index contributed by atoms with van der Waals surface area (Å²) < 4.78 is 12.1. The summed E-state index contributed by atoms with van der Waals surface area (Å²) >= 11 is 0. The van der Waals surface area contributed by atoms with E-state index in [1.54, 1.807) is 52.8 Å². The number of fused-ring (bicyclic) bond motifs is 5. The number of hydrogen-bond donors (Lipinski definition) is 3. The van der Waals surface area contributed by atoms with E-state index in [0.717, 1.165) is 0 Å². The van der Waals surface area contributed by atoms with Crippen LogP contribution in [0.4, 0.5) is 0 Å². The molecule has 4 aliphatic rings. The van der Waals surface area contributed by atoms with E-state index in [1.807, 2.05) is 13.8 Å². The first-order valence-electron chi connectivity index (χ1n) is 12.7. The van der Waals surface area contributed by atoms with Crippen molar-refractivity contribution in [3.05, 3.63) is 34.9 Å². The molecule has 0 bridgehead atoms. The lowest BCUT2D eigenvalue weighted by molar-refractivity contribution is -0.227. The molecule has 0 amide bonds.